The van der Waals surface area contributed by atoms with Crippen LogP contribution in [-0.4, -0.2) is 42.1 Å². The van der Waals surface area contributed by atoms with Gasteiger partial charge in [-0.1, -0.05) is 87.2 Å². The average Bonchev–Trinajstić information content (AvgIpc) is 3.10. The molecule has 9 heteroatoms. The predicted octanol–water partition coefficient (Wildman–Crippen LogP) is 7.23. The Bertz CT molecular complexity index is 1560. The van der Waals surface area contributed by atoms with E-state index in [0.29, 0.717) is 18.8 Å². The molecule has 0 aromatic heterocycles. The molecule has 48 heavy (non-hydrogen) atoms. The first-order valence-corrected chi connectivity index (χ1v) is 16.5. The fourth-order valence-electron chi connectivity index (χ4n) is 4.98. The van der Waals surface area contributed by atoms with E-state index in [0.717, 1.165) is 41.2 Å². The number of hydrogen-bond donors (Lipinski definition) is 4. The van der Waals surface area contributed by atoms with Crippen LogP contribution in [0.2, 0.25) is 0 Å². The molecule has 0 saturated carbocycles. The number of aliphatic carboxylic acids is 1. The van der Waals surface area contributed by atoms with Crippen LogP contribution in [0.5, 0.6) is 5.75 Å². The van der Waals surface area contributed by atoms with Crippen LogP contribution in [0.4, 0.5) is 11.4 Å². The van der Waals surface area contributed by atoms with Crippen LogP contribution >= 0.6 is 0 Å². The van der Waals surface area contributed by atoms with Crippen molar-refractivity contribution in [3.8, 4) is 5.75 Å². The summed E-state index contributed by atoms with van der Waals surface area (Å²) in [6.07, 6.45) is 6.17. The second-order valence-electron chi connectivity index (χ2n) is 11.6. The molecule has 4 aromatic rings. The van der Waals surface area contributed by atoms with Crippen molar-refractivity contribution in [1.29, 1.82) is 0 Å². The molecule has 0 aliphatic heterocycles. The number of carbonyl (C=O) groups excluding carboxylic acids is 2. The van der Waals surface area contributed by atoms with E-state index < -0.39 is 17.9 Å². The van der Waals surface area contributed by atoms with Crippen molar-refractivity contribution in [3.05, 3.63) is 125 Å². The molecule has 0 bridgehead atoms. The number of rotatable bonds is 20. The first-order valence-electron chi connectivity index (χ1n) is 16.5. The minimum Gasteiger partial charge on any atom is -0.494 e. The highest BCUT2D eigenvalue weighted by atomic mass is 16.5. The van der Waals surface area contributed by atoms with Gasteiger partial charge in [0.15, 0.2) is 0 Å². The van der Waals surface area contributed by atoms with Gasteiger partial charge in [-0.2, -0.15) is 0 Å². The number of hydrogen-bond acceptors (Lipinski definition) is 6. The lowest BCUT2D eigenvalue weighted by molar-refractivity contribution is -0.139. The molecule has 0 aliphatic rings. The molecule has 2 amide bonds. The highest BCUT2D eigenvalue weighted by molar-refractivity contribution is 5.97. The summed E-state index contributed by atoms with van der Waals surface area (Å²) in [6.45, 7) is 3.79. The lowest BCUT2D eigenvalue weighted by atomic mass is 10.0. The van der Waals surface area contributed by atoms with Gasteiger partial charge in [-0.25, -0.2) is 4.79 Å². The largest absolute Gasteiger partial charge is 0.494 e. The number of amides is 2. The Morgan fingerprint density at radius 2 is 1.40 bits per heavy atom. The first kappa shape index (κ1) is 35.7. The van der Waals surface area contributed by atoms with Gasteiger partial charge in [0.2, 0.25) is 5.91 Å². The molecule has 4 aromatic carbocycles. The van der Waals surface area contributed by atoms with Gasteiger partial charge in [-0.05, 0) is 71.6 Å². The fraction of sp³-hybridized carbons (Fsp3) is 0.308. The Morgan fingerprint density at radius 1 is 0.729 bits per heavy atom. The van der Waals surface area contributed by atoms with Gasteiger partial charge < -0.3 is 30.5 Å². The topological polar surface area (TPSA) is 126 Å². The molecule has 1 atom stereocenters. The molecule has 0 aliphatic carbocycles. The third-order valence-electron chi connectivity index (χ3n) is 7.71. The van der Waals surface area contributed by atoms with Crippen LogP contribution in [-0.2, 0) is 33.9 Å². The number of carboxylic acid groups (broad SMARTS) is 1. The van der Waals surface area contributed by atoms with Gasteiger partial charge >= 0.3 is 5.97 Å². The minimum absolute atomic E-state index is 0.114. The SMILES string of the molecule is CCCCCCCOc1ccc(CNc2ccc(CC(NC(=O)c3ccc(NC(=O)COCc4ccccc4)cc3)C(=O)O)cc2)cc1. The van der Waals surface area contributed by atoms with E-state index in [-0.39, 0.29) is 24.5 Å². The molecule has 4 N–H and O–H groups in total. The summed E-state index contributed by atoms with van der Waals surface area (Å²) in [7, 11) is 0. The number of nitrogens with one attached hydrogen (secondary N) is 3. The molecule has 0 saturated heterocycles. The van der Waals surface area contributed by atoms with E-state index >= 15 is 0 Å². The molecule has 0 fully saturated rings. The summed E-state index contributed by atoms with van der Waals surface area (Å²) in [5.74, 6) is -1.10. The normalized spacial score (nSPS) is 11.4. The fourth-order valence-corrected chi connectivity index (χ4v) is 4.98. The second kappa shape index (κ2) is 19.5. The van der Waals surface area contributed by atoms with E-state index in [9.17, 15) is 19.5 Å². The standard InChI is InChI=1S/C39H45N3O6/c1-2-3-4-5-9-24-48-35-22-14-30(15-23-35)26-40-33-18-12-29(13-19-33)25-36(39(45)46)42-38(44)32-16-20-34(21-17-32)41-37(43)28-47-27-31-10-7-6-8-11-31/h6-8,10-23,36,40H,2-5,9,24-28H2,1H3,(H,41,43)(H,42,44)(H,45,46). The summed E-state index contributed by atoms with van der Waals surface area (Å²) < 4.78 is 11.3. The zero-order valence-electron chi connectivity index (χ0n) is 27.5. The van der Waals surface area contributed by atoms with Gasteiger partial charge in [0.1, 0.15) is 18.4 Å². The zero-order valence-corrected chi connectivity index (χ0v) is 27.5. The van der Waals surface area contributed by atoms with Crippen molar-refractivity contribution in [3.63, 3.8) is 0 Å². The molecular formula is C39H45N3O6. The number of carbonyl (C=O) groups is 3. The van der Waals surface area contributed by atoms with Gasteiger partial charge in [0, 0.05) is 29.9 Å². The molecule has 9 nitrogen and oxygen atoms in total. The van der Waals surface area contributed by atoms with Gasteiger partial charge in [-0.15, -0.1) is 0 Å². The Labute approximate surface area is 282 Å². The summed E-state index contributed by atoms with van der Waals surface area (Å²) in [5, 5.41) is 18.5. The highest BCUT2D eigenvalue weighted by Gasteiger charge is 2.21. The quantitative estimate of drug-likeness (QED) is 0.0743. The Hall–Kier alpha value is -5.15. The molecule has 0 spiro atoms. The molecule has 252 valence electrons. The number of anilines is 2. The van der Waals surface area contributed by atoms with Crippen LogP contribution in [0.1, 0.15) is 66.1 Å². The maximum Gasteiger partial charge on any atom is 0.326 e. The van der Waals surface area contributed by atoms with E-state index in [1.807, 2.05) is 78.9 Å². The van der Waals surface area contributed by atoms with E-state index in [1.54, 1.807) is 12.1 Å². The van der Waals surface area contributed by atoms with Gasteiger partial charge in [-0.3, -0.25) is 9.59 Å². The number of unbranched alkanes of at least 4 members (excludes halogenated alkanes) is 4. The number of carboxylic acids is 1. The molecular weight excluding hydrogens is 606 g/mol. The number of benzene rings is 4. The molecule has 0 heterocycles. The van der Waals surface area contributed by atoms with Crippen molar-refractivity contribution in [2.75, 3.05) is 23.8 Å². The van der Waals surface area contributed by atoms with Crippen LogP contribution in [0.3, 0.4) is 0 Å². The second-order valence-corrected chi connectivity index (χ2v) is 11.6. The van der Waals surface area contributed by atoms with Crippen LogP contribution < -0.4 is 20.7 Å². The average molecular weight is 652 g/mol. The van der Waals surface area contributed by atoms with E-state index in [4.69, 9.17) is 9.47 Å². The molecule has 1 unspecified atom stereocenters. The van der Waals surface area contributed by atoms with Crippen molar-refractivity contribution in [2.24, 2.45) is 0 Å². The third kappa shape index (κ3) is 12.6. The maximum atomic E-state index is 12.9. The smallest absolute Gasteiger partial charge is 0.326 e. The van der Waals surface area contributed by atoms with Crippen LogP contribution in [0.15, 0.2) is 103 Å². The van der Waals surface area contributed by atoms with E-state index in [1.165, 1.54) is 37.8 Å². The van der Waals surface area contributed by atoms with Gasteiger partial charge in [0.05, 0.1) is 13.2 Å². The summed E-state index contributed by atoms with van der Waals surface area (Å²) in [4.78, 5) is 37.1. The summed E-state index contributed by atoms with van der Waals surface area (Å²) >= 11 is 0. The zero-order chi connectivity index (χ0) is 34.0. The summed E-state index contributed by atoms with van der Waals surface area (Å²) in [6, 6.07) is 30.2. The first-order chi connectivity index (χ1) is 23.4. The third-order valence-corrected chi connectivity index (χ3v) is 7.71. The van der Waals surface area contributed by atoms with E-state index in [2.05, 4.69) is 22.9 Å². The highest BCUT2D eigenvalue weighted by Crippen LogP contribution is 2.17. The van der Waals surface area contributed by atoms with Crippen LogP contribution in [0, 0.1) is 0 Å². The lowest BCUT2D eigenvalue weighted by Crippen LogP contribution is -2.42. The monoisotopic (exact) mass is 651 g/mol. The Morgan fingerprint density at radius 3 is 2.08 bits per heavy atom. The summed E-state index contributed by atoms with van der Waals surface area (Å²) in [5.41, 5.74) is 4.54. The number of ether oxygens (including phenoxy) is 2. The molecule has 4 rings (SSSR count). The van der Waals surface area contributed by atoms with Gasteiger partial charge in [0.25, 0.3) is 5.91 Å². The van der Waals surface area contributed by atoms with Crippen molar-refractivity contribution >= 4 is 29.2 Å². The minimum atomic E-state index is -1.13. The molecule has 0 radical (unpaired) electrons. The van der Waals surface area contributed by atoms with Crippen molar-refractivity contribution in [2.45, 2.75) is 64.6 Å². The maximum absolute atomic E-state index is 12.9. The Balaban J connectivity index is 1.19. The lowest BCUT2D eigenvalue weighted by Gasteiger charge is -2.15. The van der Waals surface area contributed by atoms with Crippen molar-refractivity contribution in [1.82, 2.24) is 5.32 Å². The van der Waals surface area contributed by atoms with Crippen LogP contribution in [0.25, 0.3) is 0 Å². The van der Waals surface area contributed by atoms with Crippen molar-refractivity contribution < 1.29 is 29.0 Å². The Kier molecular flexibility index (Phi) is 14.5. The predicted molar refractivity (Wildman–Crippen MR) is 188 cm³/mol.